The van der Waals surface area contributed by atoms with Crippen LogP contribution < -0.4 is 9.04 Å². The Kier molecular flexibility index (Phi) is 7.28. The van der Waals surface area contributed by atoms with Crippen molar-refractivity contribution < 1.29 is 36.2 Å². The molecule has 0 spiro atoms. The quantitative estimate of drug-likeness (QED) is 0.290. The third-order valence-electron chi connectivity index (χ3n) is 6.89. The number of hydrogen-bond acceptors (Lipinski definition) is 5. The van der Waals surface area contributed by atoms with Gasteiger partial charge in [0.25, 0.3) is 10.0 Å². The van der Waals surface area contributed by atoms with Crippen molar-refractivity contribution in [1.82, 2.24) is 9.78 Å². The van der Waals surface area contributed by atoms with Gasteiger partial charge in [0.1, 0.15) is 11.9 Å². The van der Waals surface area contributed by atoms with Crippen LogP contribution >= 0.6 is 0 Å². The van der Waals surface area contributed by atoms with E-state index in [2.05, 4.69) is 5.10 Å². The van der Waals surface area contributed by atoms with E-state index in [4.69, 9.17) is 9.84 Å². The molecule has 5 rings (SSSR count). The number of aryl methyl sites for hydroxylation is 2. The molecule has 1 atom stereocenters. The molecule has 1 N–H and O–H groups in total. The molecule has 214 valence electrons. The molecule has 12 heteroatoms. The fraction of sp³-hybridized carbons (Fsp3) is 0.241. The average Bonchev–Trinajstić information content (AvgIpc) is 3.26. The highest BCUT2D eigenvalue weighted by atomic mass is 32.2. The first-order valence-electron chi connectivity index (χ1n) is 12.7. The van der Waals surface area contributed by atoms with E-state index in [1.165, 1.54) is 0 Å². The van der Waals surface area contributed by atoms with Gasteiger partial charge in [-0.3, -0.25) is 13.8 Å². The van der Waals surface area contributed by atoms with Gasteiger partial charge in [0.15, 0.2) is 0 Å². The zero-order valence-corrected chi connectivity index (χ0v) is 22.9. The van der Waals surface area contributed by atoms with Crippen molar-refractivity contribution in [1.29, 1.82) is 0 Å². The van der Waals surface area contributed by atoms with Crippen molar-refractivity contribution in [2.45, 2.75) is 36.9 Å². The van der Waals surface area contributed by atoms with Gasteiger partial charge in [-0.1, -0.05) is 30.3 Å². The molecule has 3 aromatic carbocycles. The lowest BCUT2D eigenvalue weighted by Gasteiger charge is -2.35. The van der Waals surface area contributed by atoms with Crippen molar-refractivity contribution in [2.75, 3.05) is 10.8 Å². The number of rotatable bonds is 7. The molecule has 8 nitrogen and oxygen atoms in total. The third-order valence-corrected chi connectivity index (χ3v) is 8.67. The van der Waals surface area contributed by atoms with Crippen LogP contribution in [0.4, 0.5) is 18.9 Å². The van der Waals surface area contributed by atoms with Gasteiger partial charge in [-0.25, -0.2) is 8.42 Å². The summed E-state index contributed by atoms with van der Waals surface area (Å²) in [6.07, 6.45) is -2.23. The van der Waals surface area contributed by atoms with Gasteiger partial charge in [0.2, 0.25) is 0 Å². The predicted octanol–water partition coefficient (Wildman–Crippen LogP) is 5.89. The van der Waals surface area contributed by atoms with Gasteiger partial charge in [0, 0.05) is 18.9 Å². The Labute approximate surface area is 234 Å². The first-order valence-corrected chi connectivity index (χ1v) is 14.1. The number of halogens is 3. The first-order chi connectivity index (χ1) is 19.3. The number of sulfonamides is 1. The monoisotopic (exact) mass is 585 g/mol. The summed E-state index contributed by atoms with van der Waals surface area (Å²) in [5.41, 5.74) is 2.36. The Balaban J connectivity index is 1.55. The van der Waals surface area contributed by atoms with Crippen LogP contribution in [-0.4, -0.2) is 41.9 Å². The summed E-state index contributed by atoms with van der Waals surface area (Å²) in [5, 5.41) is 14.7. The molecule has 4 aromatic rings. The number of carboxylic acids is 1. The Morgan fingerprint density at radius 2 is 1.88 bits per heavy atom. The lowest BCUT2D eigenvalue weighted by molar-refractivity contribution is -0.138. The Morgan fingerprint density at radius 3 is 2.61 bits per heavy atom. The first kappa shape index (κ1) is 28.2. The van der Waals surface area contributed by atoms with Gasteiger partial charge in [-0.2, -0.15) is 18.3 Å². The third kappa shape index (κ3) is 5.64. The smallest absolute Gasteiger partial charge is 0.416 e. The maximum atomic E-state index is 13.7. The highest BCUT2D eigenvalue weighted by Gasteiger charge is 2.37. The molecule has 1 unspecified atom stereocenters. The summed E-state index contributed by atoms with van der Waals surface area (Å²) in [5.74, 6) is -0.900. The number of alkyl halides is 3. The fourth-order valence-corrected chi connectivity index (χ4v) is 6.41. The van der Waals surface area contributed by atoms with E-state index >= 15 is 0 Å². The highest BCUT2D eigenvalue weighted by Crippen LogP contribution is 2.40. The summed E-state index contributed by atoms with van der Waals surface area (Å²) >= 11 is 0. The molecule has 41 heavy (non-hydrogen) atoms. The molecule has 0 amide bonds. The molecule has 0 saturated heterocycles. The van der Waals surface area contributed by atoms with Gasteiger partial charge >= 0.3 is 12.1 Å². The number of anilines is 1. The second kappa shape index (κ2) is 10.6. The Morgan fingerprint density at radius 1 is 1.12 bits per heavy atom. The van der Waals surface area contributed by atoms with Crippen LogP contribution in [0.15, 0.2) is 65.6 Å². The van der Waals surface area contributed by atoms with Crippen LogP contribution in [0.1, 0.15) is 35.2 Å². The number of benzene rings is 3. The van der Waals surface area contributed by atoms with Crippen molar-refractivity contribution in [3.05, 3.63) is 83.0 Å². The van der Waals surface area contributed by atoms with E-state index in [1.54, 1.807) is 29.0 Å². The minimum atomic E-state index is -4.73. The van der Waals surface area contributed by atoms with Crippen LogP contribution in [0.5, 0.6) is 5.75 Å². The summed E-state index contributed by atoms with van der Waals surface area (Å²) < 4.78 is 76.3. The minimum absolute atomic E-state index is 0.0111. The summed E-state index contributed by atoms with van der Waals surface area (Å²) in [6, 6.07) is 14.3. The number of aromatic nitrogens is 2. The molecule has 0 bridgehead atoms. The van der Waals surface area contributed by atoms with E-state index in [0.29, 0.717) is 11.6 Å². The van der Waals surface area contributed by atoms with Crippen LogP contribution in [0.2, 0.25) is 0 Å². The second-order valence-corrected chi connectivity index (χ2v) is 11.6. The summed E-state index contributed by atoms with van der Waals surface area (Å²) in [6.45, 7) is 1.71. The van der Waals surface area contributed by atoms with E-state index in [0.717, 1.165) is 44.7 Å². The lowest BCUT2D eigenvalue weighted by atomic mass is 10.1. The van der Waals surface area contributed by atoms with Gasteiger partial charge in [0.05, 0.1) is 33.9 Å². The van der Waals surface area contributed by atoms with Crippen molar-refractivity contribution in [2.24, 2.45) is 7.05 Å². The van der Waals surface area contributed by atoms with Crippen LogP contribution in [0.3, 0.4) is 0 Å². The standard InChI is InChI=1S/C29H26F3N3O5S/c1-18-5-3-8-24-28(18)23(33-34(24)2)12-9-19-10-13-26-25(15-19)35(17-21(40-26)11-14-27(36)37)41(38,39)22-7-4-6-20(16-22)29(30,31)32/h3-10,12-13,15-16,21H,11,14,17H2,1-2H3,(H,36,37). The topological polar surface area (TPSA) is 102 Å². The molecule has 0 saturated carbocycles. The normalized spacial score (nSPS) is 15.7. The van der Waals surface area contributed by atoms with Crippen LogP contribution in [0, 0.1) is 6.92 Å². The van der Waals surface area contributed by atoms with E-state index in [1.807, 2.05) is 38.2 Å². The van der Waals surface area contributed by atoms with Crippen LogP contribution in [0.25, 0.3) is 23.1 Å². The molecular formula is C29H26F3N3O5S. The SMILES string of the molecule is Cc1cccc2c1c(C=Cc1ccc3c(c1)N(S(=O)(=O)c1cccc(C(F)(F)F)c1)CC(CCC(=O)O)O3)nn2C. The average molecular weight is 586 g/mol. The number of carbonyl (C=O) groups is 1. The Hall–Kier alpha value is -4.32. The molecule has 1 aliphatic heterocycles. The number of aliphatic carboxylic acids is 1. The second-order valence-electron chi connectivity index (χ2n) is 9.77. The molecule has 0 fully saturated rings. The number of ether oxygens (including phenoxy) is 1. The van der Waals surface area contributed by atoms with Crippen molar-refractivity contribution in [3.8, 4) is 5.75 Å². The zero-order valence-electron chi connectivity index (χ0n) is 22.1. The van der Waals surface area contributed by atoms with E-state index in [9.17, 15) is 26.4 Å². The largest absolute Gasteiger partial charge is 0.486 e. The molecule has 0 radical (unpaired) electrons. The molecule has 1 aliphatic rings. The van der Waals surface area contributed by atoms with Gasteiger partial charge in [-0.15, -0.1) is 0 Å². The van der Waals surface area contributed by atoms with Gasteiger partial charge in [-0.05, 0) is 66.9 Å². The van der Waals surface area contributed by atoms with Gasteiger partial charge < -0.3 is 9.84 Å². The number of hydrogen-bond donors (Lipinski definition) is 1. The Bertz CT molecular complexity index is 1780. The number of nitrogens with zero attached hydrogens (tertiary/aromatic N) is 3. The summed E-state index contributed by atoms with van der Waals surface area (Å²) in [7, 11) is -2.64. The molecule has 2 heterocycles. The summed E-state index contributed by atoms with van der Waals surface area (Å²) in [4.78, 5) is 10.6. The van der Waals surface area contributed by atoms with E-state index in [-0.39, 0.29) is 30.8 Å². The molecular weight excluding hydrogens is 559 g/mol. The fourth-order valence-electron chi connectivity index (χ4n) is 4.87. The zero-order chi connectivity index (χ0) is 29.5. The maximum Gasteiger partial charge on any atom is 0.416 e. The lowest BCUT2D eigenvalue weighted by Crippen LogP contribution is -2.43. The van der Waals surface area contributed by atoms with Crippen molar-refractivity contribution in [3.63, 3.8) is 0 Å². The van der Waals surface area contributed by atoms with Crippen LogP contribution in [-0.2, 0) is 28.0 Å². The highest BCUT2D eigenvalue weighted by molar-refractivity contribution is 7.92. The molecule has 0 aliphatic carbocycles. The molecule has 1 aromatic heterocycles. The maximum absolute atomic E-state index is 13.7. The number of carboxylic acid groups (broad SMARTS) is 1. The minimum Gasteiger partial charge on any atom is -0.486 e. The number of fused-ring (bicyclic) bond motifs is 2. The predicted molar refractivity (Wildman–Crippen MR) is 148 cm³/mol. The van der Waals surface area contributed by atoms with Crippen molar-refractivity contribution >= 4 is 44.7 Å². The van der Waals surface area contributed by atoms with E-state index < -0.39 is 38.7 Å².